The van der Waals surface area contributed by atoms with Gasteiger partial charge in [-0.25, -0.2) is 0 Å². The van der Waals surface area contributed by atoms with Crippen LogP contribution >= 0.6 is 0 Å². The molecule has 1 aliphatic carbocycles. The van der Waals surface area contributed by atoms with Gasteiger partial charge in [0.05, 0.1) is 7.11 Å². The number of aryl methyl sites for hydroxylation is 1. The van der Waals surface area contributed by atoms with E-state index in [1.807, 2.05) is 24.3 Å². The summed E-state index contributed by atoms with van der Waals surface area (Å²) in [5.41, 5.74) is 5.01. The van der Waals surface area contributed by atoms with Crippen molar-refractivity contribution in [2.24, 2.45) is 0 Å². The number of allylic oxidation sites excluding steroid dienone is 2. The van der Waals surface area contributed by atoms with E-state index in [1.54, 1.807) is 7.11 Å². The largest absolute Gasteiger partial charge is 0.497 e. The number of hydrogen-bond donors (Lipinski definition) is 1. The summed E-state index contributed by atoms with van der Waals surface area (Å²) in [6.07, 6.45) is 2.47. The van der Waals surface area contributed by atoms with Gasteiger partial charge >= 0.3 is 0 Å². The molecule has 0 aromatic heterocycles. The van der Waals surface area contributed by atoms with Crippen LogP contribution in [0.15, 0.2) is 59.8 Å². The lowest BCUT2D eigenvalue weighted by atomic mass is 9.73. The van der Waals surface area contributed by atoms with Gasteiger partial charge in [-0.05, 0) is 47.6 Å². The molecule has 4 rings (SSSR count). The van der Waals surface area contributed by atoms with Crippen LogP contribution in [0.1, 0.15) is 54.7 Å². The van der Waals surface area contributed by atoms with Gasteiger partial charge in [-0.1, -0.05) is 43.3 Å². The van der Waals surface area contributed by atoms with E-state index < -0.39 is 0 Å². The Hall–Kier alpha value is -2.88. The second kappa shape index (κ2) is 7.63. The third kappa shape index (κ3) is 3.47. The van der Waals surface area contributed by atoms with Crippen LogP contribution < -0.4 is 10.1 Å². The van der Waals surface area contributed by atoms with Gasteiger partial charge in [0.25, 0.3) is 0 Å². The zero-order valence-electron chi connectivity index (χ0n) is 16.3. The molecular formula is C24H25NO3. The number of ether oxygens (including phenoxy) is 1. The summed E-state index contributed by atoms with van der Waals surface area (Å²) in [6.45, 7) is 2.12. The standard InChI is InChI=1S/C24H25NO3/c1-3-15-4-6-17(7-5-15)20-14-23(27)25-21-12-18(13-22(26)24(20)21)16-8-10-19(28-2)11-9-16/h4-11,18,20H,3,12-14H2,1-2H3,(H,25,27)/t18-,20-/m1/s1. The molecule has 0 unspecified atom stereocenters. The summed E-state index contributed by atoms with van der Waals surface area (Å²) in [4.78, 5) is 25.5. The number of ketones is 1. The number of nitrogens with one attached hydrogen (secondary N) is 1. The van der Waals surface area contributed by atoms with E-state index in [0.29, 0.717) is 19.3 Å². The average molecular weight is 375 g/mol. The molecule has 1 N–H and O–H groups in total. The van der Waals surface area contributed by atoms with Crippen molar-refractivity contribution in [2.75, 3.05) is 7.11 Å². The highest BCUT2D eigenvalue weighted by molar-refractivity contribution is 6.02. The van der Waals surface area contributed by atoms with E-state index in [-0.39, 0.29) is 23.5 Å². The van der Waals surface area contributed by atoms with Crippen LogP contribution in [0.2, 0.25) is 0 Å². The molecule has 2 aromatic carbocycles. The molecule has 0 saturated heterocycles. The lowest BCUT2D eigenvalue weighted by Crippen LogP contribution is -2.38. The van der Waals surface area contributed by atoms with Crippen LogP contribution in [0.3, 0.4) is 0 Å². The van der Waals surface area contributed by atoms with Gasteiger partial charge in [-0.15, -0.1) is 0 Å². The summed E-state index contributed by atoms with van der Waals surface area (Å²) in [6, 6.07) is 16.2. The van der Waals surface area contributed by atoms with E-state index >= 15 is 0 Å². The maximum atomic E-state index is 13.1. The smallest absolute Gasteiger partial charge is 0.225 e. The van der Waals surface area contributed by atoms with Crippen molar-refractivity contribution in [1.29, 1.82) is 0 Å². The summed E-state index contributed by atoms with van der Waals surface area (Å²) in [5.74, 6) is 0.878. The van der Waals surface area contributed by atoms with Gasteiger partial charge in [-0.2, -0.15) is 0 Å². The first-order valence-electron chi connectivity index (χ1n) is 9.88. The van der Waals surface area contributed by atoms with Crippen molar-refractivity contribution < 1.29 is 14.3 Å². The molecule has 1 aliphatic heterocycles. The highest BCUT2D eigenvalue weighted by Crippen LogP contribution is 2.42. The van der Waals surface area contributed by atoms with Crippen LogP contribution in [-0.2, 0) is 16.0 Å². The van der Waals surface area contributed by atoms with Crippen LogP contribution in [0, 0.1) is 0 Å². The zero-order chi connectivity index (χ0) is 19.7. The lowest BCUT2D eigenvalue weighted by molar-refractivity contribution is -0.122. The normalized spacial score (nSPS) is 21.9. The van der Waals surface area contributed by atoms with E-state index in [0.717, 1.165) is 34.6 Å². The number of amides is 1. The van der Waals surface area contributed by atoms with Gasteiger partial charge < -0.3 is 10.1 Å². The molecule has 1 amide bonds. The summed E-state index contributed by atoms with van der Waals surface area (Å²) in [5, 5.41) is 2.99. The topological polar surface area (TPSA) is 55.4 Å². The monoisotopic (exact) mass is 375 g/mol. The molecule has 0 spiro atoms. The van der Waals surface area contributed by atoms with E-state index in [2.05, 4.69) is 36.5 Å². The van der Waals surface area contributed by atoms with Crippen LogP contribution in [-0.4, -0.2) is 18.8 Å². The third-order valence-electron chi connectivity index (χ3n) is 5.91. The first-order valence-corrected chi connectivity index (χ1v) is 9.88. The summed E-state index contributed by atoms with van der Waals surface area (Å²) < 4.78 is 5.22. The molecule has 2 aliphatic rings. The molecule has 1 heterocycles. The molecule has 4 nitrogen and oxygen atoms in total. The molecule has 144 valence electrons. The highest BCUT2D eigenvalue weighted by Gasteiger charge is 2.38. The Labute approximate surface area is 165 Å². The van der Waals surface area contributed by atoms with Gasteiger partial charge in [0.1, 0.15) is 5.75 Å². The first kappa shape index (κ1) is 18.5. The number of hydrogen-bond acceptors (Lipinski definition) is 3. The second-order valence-corrected chi connectivity index (χ2v) is 7.59. The molecule has 0 bridgehead atoms. The van der Waals surface area contributed by atoms with Crippen molar-refractivity contribution in [3.8, 4) is 5.75 Å². The minimum atomic E-state index is -0.140. The van der Waals surface area contributed by atoms with E-state index in [9.17, 15) is 9.59 Å². The molecule has 28 heavy (non-hydrogen) atoms. The third-order valence-corrected chi connectivity index (χ3v) is 5.91. The van der Waals surface area contributed by atoms with Crippen molar-refractivity contribution >= 4 is 11.7 Å². The van der Waals surface area contributed by atoms with Crippen molar-refractivity contribution in [1.82, 2.24) is 5.32 Å². The van der Waals surface area contributed by atoms with Gasteiger partial charge in [0.15, 0.2) is 5.78 Å². The SMILES string of the molecule is CCc1ccc([C@H]2CC(=O)NC3=C2C(=O)C[C@H](c2ccc(OC)cc2)C3)cc1. The minimum Gasteiger partial charge on any atom is -0.497 e. The molecule has 0 saturated carbocycles. The molecule has 2 atom stereocenters. The number of carbonyl (C=O) groups is 2. The van der Waals surface area contributed by atoms with Gasteiger partial charge in [0, 0.05) is 30.0 Å². The molecule has 2 aromatic rings. The fraction of sp³-hybridized carbons (Fsp3) is 0.333. The fourth-order valence-corrected chi connectivity index (χ4v) is 4.34. The highest BCUT2D eigenvalue weighted by atomic mass is 16.5. The molecule has 4 heteroatoms. The Morgan fingerprint density at radius 2 is 1.61 bits per heavy atom. The van der Waals surface area contributed by atoms with Crippen molar-refractivity contribution in [2.45, 2.75) is 44.4 Å². The van der Waals surface area contributed by atoms with Gasteiger partial charge in [0.2, 0.25) is 5.91 Å². The minimum absolute atomic E-state index is 0.00787. The predicted octanol–water partition coefficient (Wildman–Crippen LogP) is 4.26. The quantitative estimate of drug-likeness (QED) is 0.869. The maximum Gasteiger partial charge on any atom is 0.225 e. The predicted molar refractivity (Wildman–Crippen MR) is 108 cm³/mol. The van der Waals surface area contributed by atoms with E-state index in [4.69, 9.17) is 4.74 Å². The number of Topliss-reactive ketones (excluding diaryl/α,β-unsaturated/α-hetero) is 1. The molecule has 0 radical (unpaired) electrons. The molecular weight excluding hydrogens is 350 g/mol. The first-order chi connectivity index (χ1) is 13.6. The number of methoxy groups -OCH3 is 1. The second-order valence-electron chi connectivity index (χ2n) is 7.59. The Bertz CT molecular complexity index is 925. The Morgan fingerprint density at radius 1 is 0.929 bits per heavy atom. The summed E-state index contributed by atoms with van der Waals surface area (Å²) in [7, 11) is 1.64. The fourth-order valence-electron chi connectivity index (χ4n) is 4.34. The van der Waals surface area contributed by atoms with Crippen molar-refractivity contribution in [3.05, 3.63) is 76.5 Å². The van der Waals surface area contributed by atoms with Crippen LogP contribution in [0.5, 0.6) is 5.75 Å². The molecule has 0 fully saturated rings. The Balaban J connectivity index is 1.65. The zero-order valence-corrected chi connectivity index (χ0v) is 16.3. The van der Waals surface area contributed by atoms with Gasteiger partial charge in [-0.3, -0.25) is 9.59 Å². The van der Waals surface area contributed by atoms with Crippen molar-refractivity contribution in [3.63, 3.8) is 0 Å². The summed E-state index contributed by atoms with van der Waals surface area (Å²) >= 11 is 0. The Kier molecular flexibility index (Phi) is 5.03. The average Bonchev–Trinajstić information content (AvgIpc) is 2.73. The Morgan fingerprint density at radius 3 is 2.25 bits per heavy atom. The maximum absolute atomic E-state index is 13.1. The van der Waals surface area contributed by atoms with Crippen LogP contribution in [0.25, 0.3) is 0 Å². The van der Waals surface area contributed by atoms with Crippen LogP contribution in [0.4, 0.5) is 0 Å². The van der Waals surface area contributed by atoms with E-state index in [1.165, 1.54) is 5.56 Å². The lowest BCUT2D eigenvalue weighted by Gasteiger charge is -2.34. The number of carbonyl (C=O) groups excluding carboxylic acids is 2. The number of benzene rings is 2. The number of rotatable bonds is 4.